The topological polar surface area (TPSA) is 94.6 Å². The summed E-state index contributed by atoms with van der Waals surface area (Å²) in [4.78, 5) is 3.90. The predicted octanol–water partition coefficient (Wildman–Crippen LogP) is 3.61. The fraction of sp³-hybridized carbons (Fsp3) is 0.320. The van der Waals surface area contributed by atoms with Crippen LogP contribution < -0.4 is 10.6 Å². The Kier molecular flexibility index (Phi) is 6.50. The van der Waals surface area contributed by atoms with E-state index >= 15 is 0 Å². The fourth-order valence-electron chi connectivity index (χ4n) is 4.57. The minimum absolute atomic E-state index is 0.136. The minimum Gasteiger partial charge on any atom is -0.390 e. The molecule has 2 aromatic carbocycles. The molecule has 2 aliphatic heterocycles. The van der Waals surface area contributed by atoms with Gasteiger partial charge in [0.05, 0.1) is 22.6 Å². The molecule has 0 spiro atoms. The Bertz CT molecular complexity index is 1350. The van der Waals surface area contributed by atoms with E-state index in [0.717, 1.165) is 36.5 Å². The number of aliphatic hydroxyl groups is 1. The molecule has 0 radical (unpaired) electrons. The van der Waals surface area contributed by atoms with Crippen molar-refractivity contribution in [2.45, 2.75) is 42.7 Å². The van der Waals surface area contributed by atoms with Gasteiger partial charge in [-0.25, -0.2) is 13.4 Å². The quantitative estimate of drug-likeness (QED) is 0.478. The van der Waals surface area contributed by atoms with Crippen LogP contribution in [0.5, 0.6) is 0 Å². The molecule has 3 aromatic rings. The molecule has 0 saturated carbocycles. The molecule has 3 heterocycles. The number of nitrogens with zero attached hydrogens (tertiary/aromatic N) is 2. The fourth-order valence-corrected chi connectivity index (χ4v) is 6.04. The number of hydrogen-bond acceptors (Lipinski definition) is 6. The average Bonchev–Trinajstić information content (AvgIpc) is 3.33. The summed E-state index contributed by atoms with van der Waals surface area (Å²) in [6.45, 7) is 1.68. The maximum absolute atomic E-state index is 13.2. The van der Waals surface area contributed by atoms with Crippen LogP contribution in [0.15, 0.2) is 65.7 Å². The summed E-state index contributed by atoms with van der Waals surface area (Å²) in [7, 11) is -3.83. The van der Waals surface area contributed by atoms with Crippen LogP contribution in [0.3, 0.4) is 0 Å². The number of piperidine rings is 1. The third-order valence-corrected chi connectivity index (χ3v) is 8.51. The Labute approximate surface area is 207 Å². The molecule has 1 saturated heterocycles. The van der Waals surface area contributed by atoms with Crippen LogP contribution in [-0.2, 0) is 29.3 Å². The first-order valence-corrected chi connectivity index (χ1v) is 13.0. The van der Waals surface area contributed by atoms with Gasteiger partial charge in [0.1, 0.15) is 5.82 Å². The third kappa shape index (κ3) is 4.96. The van der Waals surface area contributed by atoms with Crippen molar-refractivity contribution in [3.63, 3.8) is 0 Å². The highest BCUT2D eigenvalue weighted by molar-refractivity contribution is 7.89. The smallest absolute Gasteiger partial charge is 0.390 e. The number of fused-ring (bicyclic) bond motifs is 1. The van der Waals surface area contributed by atoms with E-state index in [1.807, 2.05) is 6.07 Å². The van der Waals surface area contributed by atoms with Crippen molar-refractivity contribution in [2.24, 2.45) is 0 Å². The number of benzene rings is 2. The summed E-state index contributed by atoms with van der Waals surface area (Å²) < 4.78 is 65.8. The lowest BCUT2D eigenvalue weighted by Crippen LogP contribution is -2.51. The van der Waals surface area contributed by atoms with Crippen molar-refractivity contribution >= 4 is 15.8 Å². The zero-order chi connectivity index (χ0) is 25.5. The molecule has 2 aliphatic rings. The van der Waals surface area contributed by atoms with E-state index in [9.17, 15) is 26.7 Å². The molecule has 1 aromatic heterocycles. The number of pyridine rings is 1. The van der Waals surface area contributed by atoms with Gasteiger partial charge in [0.25, 0.3) is 0 Å². The molecule has 5 rings (SSSR count). The van der Waals surface area contributed by atoms with Crippen LogP contribution >= 0.6 is 0 Å². The molecule has 0 aliphatic carbocycles. The molecule has 0 amide bonds. The predicted molar refractivity (Wildman–Crippen MR) is 128 cm³/mol. The van der Waals surface area contributed by atoms with Crippen molar-refractivity contribution < 1.29 is 26.7 Å². The average molecular weight is 519 g/mol. The number of halogens is 3. The first-order valence-electron chi connectivity index (χ1n) is 11.5. The SMILES string of the molecule is O=S(=O)(c1ccc(-c2ccc3c(c2)CNC3)cc1)N1CC[C@@H](Nc2ccc(C(F)(F)F)cn2)[C@@H](O)C1. The summed E-state index contributed by atoms with van der Waals surface area (Å²) in [5.41, 5.74) is 3.56. The Morgan fingerprint density at radius 3 is 2.39 bits per heavy atom. The Morgan fingerprint density at radius 2 is 1.72 bits per heavy atom. The van der Waals surface area contributed by atoms with E-state index in [4.69, 9.17) is 0 Å². The number of β-amino-alcohol motifs (C(OH)–C–C–N with tert-alkyl or cyclic N) is 1. The molecule has 3 N–H and O–H groups in total. The Balaban J connectivity index is 1.24. The number of nitrogens with one attached hydrogen (secondary N) is 2. The molecule has 7 nitrogen and oxygen atoms in total. The van der Waals surface area contributed by atoms with E-state index < -0.39 is 33.9 Å². The standard InChI is InChI=1S/C25H25F3N4O3S/c26-25(27,28)20-5-8-24(30-14-20)31-22-9-10-32(15-23(22)33)36(34,35)21-6-3-16(4-7-21)17-1-2-18-12-29-13-19(18)11-17/h1-8,11,14,22-23,29,33H,9-10,12-13,15H2,(H,30,31)/t22-,23+/m1/s1. The highest BCUT2D eigenvalue weighted by Crippen LogP contribution is 2.30. The van der Waals surface area contributed by atoms with Gasteiger partial charge in [-0.05, 0) is 59.0 Å². The largest absolute Gasteiger partial charge is 0.417 e. The van der Waals surface area contributed by atoms with Gasteiger partial charge in [-0.1, -0.05) is 24.3 Å². The number of alkyl halides is 3. The lowest BCUT2D eigenvalue weighted by molar-refractivity contribution is -0.137. The first kappa shape index (κ1) is 24.7. The van der Waals surface area contributed by atoms with Gasteiger partial charge in [0, 0.05) is 32.4 Å². The van der Waals surface area contributed by atoms with Crippen LogP contribution in [0.4, 0.5) is 19.0 Å². The van der Waals surface area contributed by atoms with Gasteiger partial charge in [-0.3, -0.25) is 0 Å². The van der Waals surface area contributed by atoms with Crippen LogP contribution in [-0.4, -0.2) is 48.0 Å². The first-order chi connectivity index (χ1) is 17.1. The van der Waals surface area contributed by atoms with E-state index in [1.165, 1.54) is 21.5 Å². The highest BCUT2D eigenvalue weighted by atomic mass is 32.2. The molecule has 190 valence electrons. The van der Waals surface area contributed by atoms with Crippen molar-refractivity contribution in [1.29, 1.82) is 0 Å². The maximum Gasteiger partial charge on any atom is 0.417 e. The number of rotatable bonds is 5. The van der Waals surface area contributed by atoms with Gasteiger partial charge in [0.2, 0.25) is 10.0 Å². The van der Waals surface area contributed by atoms with Gasteiger partial charge in [-0.15, -0.1) is 0 Å². The number of anilines is 1. The van der Waals surface area contributed by atoms with Crippen molar-refractivity contribution in [3.8, 4) is 11.1 Å². The zero-order valence-electron chi connectivity index (χ0n) is 19.2. The maximum atomic E-state index is 13.2. The molecule has 2 atom stereocenters. The zero-order valence-corrected chi connectivity index (χ0v) is 20.0. The summed E-state index contributed by atoms with van der Waals surface area (Å²) in [6.07, 6.45) is -4.55. The molecule has 1 fully saturated rings. The molecule has 0 bridgehead atoms. The molecule has 0 unspecified atom stereocenters. The molecular formula is C25H25F3N4O3S. The van der Waals surface area contributed by atoms with Gasteiger partial charge in [-0.2, -0.15) is 17.5 Å². The molecular weight excluding hydrogens is 493 g/mol. The Morgan fingerprint density at radius 1 is 1.00 bits per heavy atom. The van der Waals surface area contributed by atoms with Crippen molar-refractivity contribution in [1.82, 2.24) is 14.6 Å². The summed E-state index contributed by atoms with van der Waals surface area (Å²) in [5, 5.41) is 16.8. The van der Waals surface area contributed by atoms with Crippen LogP contribution in [0.1, 0.15) is 23.1 Å². The highest BCUT2D eigenvalue weighted by Gasteiger charge is 2.35. The number of aromatic nitrogens is 1. The van der Waals surface area contributed by atoms with E-state index in [1.54, 1.807) is 24.3 Å². The van der Waals surface area contributed by atoms with Gasteiger partial charge < -0.3 is 15.7 Å². The summed E-state index contributed by atoms with van der Waals surface area (Å²) >= 11 is 0. The normalized spacial score (nSPS) is 20.8. The van der Waals surface area contributed by atoms with Gasteiger partial charge in [0.15, 0.2) is 0 Å². The Hall–Kier alpha value is -2.99. The lowest BCUT2D eigenvalue weighted by atomic mass is 10.0. The van der Waals surface area contributed by atoms with E-state index in [-0.39, 0.29) is 30.2 Å². The second kappa shape index (κ2) is 9.47. The van der Waals surface area contributed by atoms with Crippen molar-refractivity contribution in [2.75, 3.05) is 18.4 Å². The molecule has 11 heteroatoms. The number of sulfonamides is 1. The summed E-state index contributed by atoms with van der Waals surface area (Å²) in [5.74, 6) is 0.182. The van der Waals surface area contributed by atoms with Crippen molar-refractivity contribution in [3.05, 3.63) is 77.5 Å². The summed E-state index contributed by atoms with van der Waals surface area (Å²) in [6, 6.07) is 14.5. The van der Waals surface area contributed by atoms with Crippen LogP contribution in [0.2, 0.25) is 0 Å². The van der Waals surface area contributed by atoms with E-state index in [0.29, 0.717) is 0 Å². The number of hydrogen-bond donors (Lipinski definition) is 3. The second-order valence-corrected chi connectivity index (χ2v) is 10.9. The van der Waals surface area contributed by atoms with Crippen LogP contribution in [0.25, 0.3) is 11.1 Å². The molecule has 36 heavy (non-hydrogen) atoms. The number of aliphatic hydroxyl groups excluding tert-OH is 1. The lowest BCUT2D eigenvalue weighted by Gasteiger charge is -2.35. The van der Waals surface area contributed by atoms with Gasteiger partial charge >= 0.3 is 6.18 Å². The minimum atomic E-state index is -4.48. The third-order valence-electron chi connectivity index (χ3n) is 6.63. The van der Waals surface area contributed by atoms with E-state index in [2.05, 4.69) is 27.8 Å². The monoisotopic (exact) mass is 518 g/mol. The van der Waals surface area contributed by atoms with Crippen LogP contribution in [0, 0.1) is 0 Å². The second-order valence-electron chi connectivity index (χ2n) is 9.01.